The smallest absolute Gasteiger partial charge is 0.120 e. The molecular weight excluding hydrogens is 240 g/mol. The molecular formula is C15H24N2O2. The molecule has 0 spiro atoms. The van der Waals surface area contributed by atoms with Crippen molar-refractivity contribution in [2.24, 2.45) is 0 Å². The summed E-state index contributed by atoms with van der Waals surface area (Å²) in [6.45, 7) is 4.22. The highest BCUT2D eigenvalue weighted by atomic mass is 16.3. The van der Waals surface area contributed by atoms with Gasteiger partial charge in [-0.3, -0.25) is 4.90 Å². The van der Waals surface area contributed by atoms with Crippen LogP contribution in [0.3, 0.4) is 0 Å². The van der Waals surface area contributed by atoms with Crippen molar-refractivity contribution >= 4 is 0 Å². The normalized spacial score (nSPS) is 22.2. The summed E-state index contributed by atoms with van der Waals surface area (Å²) in [4.78, 5) is 2.31. The lowest BCUT2D eigenvalue weighted by molar-refractivity contribution is 0.168. The van der Waals surface area contributed by atoms with Crippen molar-refractivity contribution < 1.29 is 10.2 Å². The summed E-state index contributed by atoms with van der Waals surface area (Å²) in [6.07, 6.45) is 3.49. The second kappa shape index (κ2) is 6.26. The van der Waals surface area contributed by atoms with Gasteiger partial charge in [-0.1, -0.05) is 0 Å². The molecule has 106 valence electrons. The van der Waals surface area contributed by atoms with E-state index in [-0.39, 0.29) is 17.5 Å². The Balaban J connectivity index is 2.12. The molecule has 3 N–H and O–H groups in total. The molecule has 19 heavy (non-hydrogen) atoms. The zero-order valence-corrected chi connectivity index (χ0v) is 11.8. The minimum atomic E-state index is 0.0928. The van der Waals surface area contributed by atoms with Crippen molar-refractivity contribution in [3.63, 3.8) is 0 Å². The first-order chi connectivity index (χ1) is 9.09. The maximum atomic E-state index is 9.96. The molecule has 4 heteroatoms. The van der Waals surface area contributed by atoms with Crippen LogP contribution in [0.1, 0.15) is 37.8 Å². The minimum Gasteiger partial charge on any atom is -0.508 e. The quantitative estimate of drug-likeness (QED) is 0.733. The number of nitrogens with one attached hydrogen (secondary N) is 1. The van der Waals surface area contributed by atoms with Gasteiger partial charge in [0.1, 0.15) is 11.5 Å². The first-order valence-corrected chi connectivity index (χ1v) is 7.04. The predicted octanol–water partition coefficient (Wildman–Crippen LogP) is 2.23. The van der Waals surface area contributed by atoms with Crippen molar-refractivity contribution in [2.45, 2.75) is 38.3 Å². The summed E-state index contributed by atoms with van der Waals surface area (Å²) in [5.74, 6) is 0.458. The summed E-state index contributed by atoms with van der Waals surface area (Å²) in [5.41, 5.74) is 0.791. The predicted molar refractivity (Wildman–Crippen MR) is 76.5 cm³/mol. The Bertz CT molecular complexity index is 415. The Labute approximate surface area is 115 Å². The SMILES string of the molecule is CC(c1cc(O)ccc1O)N(C)C1CCCNCC1. The second-order valence-corrected chi connectivity index (χ2v) is 5.42. The summed E-state index contributed by atoms with van der Waals surface area (Å²) in [6, 6.07) is 5.35. The van der Waals surface area contributed by atoms with Gasteiger partial charge >= 0.3 is 0 Å². The van der Waals surface area contributed by atoms with Gasteiger partial charge < -0.3 is 15.5 Å². The number of nitrogens with zero attached hydrogens (tertiary/aromatic N) is 1. The van der Waals surface area contributed by atoms with E-state index in [1.807, 2.05) is 0 Å². The van der Waals surface area contributed by atoms with Gasteiger partial charge in [0.05, 0.1) is 0 Å². The molecule has 1 aromatic carbocycles. The van der Waals surface area contributed by atoms with Crippen molar-refractivity contribution in [3.8, 4) is 11.5 Å². The third-order valence-corrected chi connectivity index (χ3v) is 4.19. The molecule has 1 heterocycles. The molecule has 1 aliphatic rings. The van der Waals surface area contributed by atoms with E-state index in [1.165, 1.54) is 18.9 Å². The monoisotopic (exact) mass is 264 g/mol. The largest absolute Gasteiger partial charge is 0.508 e. The van der Waals surface area contributed by atoms with Gasteiger partial charge in [-0.25, -0.2) is 0 Å². The maximum Gasteiger partial charge on any atom is 0.120 e. The highest BCUT2D eigenvalue weighted by Crippen LogP contribution is 2.32. The van der Waals surface area contributed by atoms with Crippen molar-refractivity contribution in [2.75, 3.05) is 20.1 Å². The summed E-state index contributed by atoms with van der Waals surface area (Å²) in [7, 11) is 2.10. The van der Waals surface area contributed by atoms with Gasteiger partial charge in [0.2, 0.25) is 0 Å². The Morgan fingerprint density at radius 3 is 2.84 bits per heavy atom. The number of hydrogen-bond donors (Lipinski definition) is 3. The summed E-state index contributed by atoms with van der Waals surface area (Å²) < 4.78 is 0. The van der Waals surface area contributed by atoms with Gasteiger partial charge in [-0.2, -0.15) is 0 Å². The topological polar surface area (TPSA) is 55.7 Å². The number of hydrogen-bond acceptors (Lipinski definition) is 4. The van der Waals surface area contributed by atoms with Gasteiger partial charge in [0.25, 0.3) is 0 Å². The molecule has 2 atom stereocenters. The Morgan fingerprint density at radius 2 is 2.05 bits per heavy atom. The lowest BCUT2D eigenvalue weighted by atomic mass is 10.0. The number of phenolic OH excluding ortho intramolecular Hbond substituents is 2. The number of aromatic hydroxyl groups is 2. The third kappa shape index (κ3) is 3.39. The van der Waals surface area contributed by atoms with E-state index in [2.05, 4.69) is 24.2 Å². The highest BCUT2D eigenvalue weighted by molar-refractivity contribution is 5.40. The van der Waals surface area contributed by atoms with Crippen LogP contribution in [-0.2, 0) is 0 Å². The first-order valence-electron chi connectivity index (χ1n) is 7.04. The molecule has 1 aromatic rings. The molecule has 0 aromatic heterocycles. The van der Waals surface area contributed by atoms with Crippen LogP contribution in [0.15, 0.2) is 18.2 Å². The van der Waals surface area contributed by atoms with Crippen LogP contribution in [0.4, 0.5) is 0 Å². The van der Waals surface area contributed by atoms with Crippen molar-refractivity contribution in [1.82, 2.24) is 10.2 Å². The number of rotatable bonds is 3. The standard InChI is InChI=1S/C15H24N2O2/c1-11(14-10-13(18)5-6-15(14)19)17(2)12-4-3-8-16-9-7-12/h5-6,10-12,16,18-19H,3-4,7-9H2,1-2H3. The molecule has 0 saturated carbocycles. The van der Waals surface area contributed by atoms with Crippen LogP contribution in [0.5, 0.6) is 11.5 Å². The lowest BCUT2D eigenvalue weighted by Crippen LogP contribution is -2.34. The Morgan fingerprint density at radius 1 is 1.26 bits per heavy atom. The zero-order chi connectivity index (χ0) is 13.8. The van der Waals surface area contributed by atoms with Crippen LogP contribution in [0.25, 0.3) is 0 Å². The van der Waals surface area contributed by atoms with Crippen LogP contribution >= 0.6 is 0 Å². The van der Waals surface area contributed by atoms with E-state index in [9.17, 15) is 10.2 Å². The van der Waals surface area contributed by atoms with Gasteiger partial charge in [0, 0.05) is 17.6 Å². The molecule has 0 amide bonds. The molecule has 2 unspecified atom stereocenters. The van der Waals surface area contributed by atoms with Gasteiger partial charge in [0.15, 0.2) is 0 Å². The van der Waals surface area contributed by atoms with E-state index in [4.69, 9.17) is 0 Å². The summed E-state index contributed by atoms with van der Waals surface area (Å²) in [5, 5.41) is 23.0. The van der Waals surface area contributed by atoms with E-state index < -0.39 is 0 Å². The molecule has 2 rings (SSSR count). The fourth-order valence-corrected chi connectivity index (χ4v) is 2.82. The number of phenols is 2. The van der Waals surface area contributed by atoms with Crippen molar-refractivity contribution in [1.29, 1.82) is 0 Å². The molecule has 0 bridgehead atoms. The average molecular weight is 264 g/mol. The maximum absolute atomic E-state index is 9.96. The average Bonchev–Trinajstić information content (AvgIpc) is 2.69. The number of benzene rings is 1. The fraction of sp³-hybridized carbons (Fsp3) is 0.600. The van der Waals surface area contributed by atoms with Gasteiger partial charge in [-0.05, 0) is 64.5 Å². The van der Waals surface area contributed by atoms with E-state index >= 15 is 0 Å². The van der Waals surface area contributed by atoms with Gasteiger partial charge in [-0.15, -0.1) is 0 Å². The second-order valence-electron chi connectivity index (χ2n) is 5.42. The van der Waals surface area contributed by atoms with Crippen LogP contribution in [-0.4, -0.2) is 41.3 Å². The molecule has 1 saturated heterocycles. The van der Waals surface area contributed by atoms with Crippen LogP contribution < -0.4 is 5.32 Å². The fourth-order valence-electron chi connectivity index (χ4n) is 2.82. The van der Waals surface area contributed by atoms with E-state index in [1.54, 1.807) is 12.1 Å². The molecule has 1 aliphatic heterocycles. The molecule has 1 fully saturated rings. The summed E-state index contributed by atoms with van der Waals surface area (Å²) >= 11 is 0. The molecule has 4 nitrogen and oxygen atoms in total. The zero-order valence-electron chi connectivity index (χ0n) is 11.8. The minimum absolute atomic E-state index is 0.0928. The molecule has 0 aliphatic carbocycles. The van der Waals surface area contributed by atoms with Crippen molar-refractivity contribution in [3.05, 3.63) is 23.8 Å². The van der Waals surface area contributed by atoms with E-state index in [0.29, 0.717) is 6.04 Å². The molecule has 0 radical (unpaired) electrons. The first kappa shape index (κ1) is 14.2. The van der Waals surface area contributed by atoms with Crippen LogP contribution in [0.2, 0.25) is 0 Å². The Kier molecular flexibility index (Phi) is 4.66. The van der Waals surface area contributed by atoms with Crippen LogP contribution in [0, 0.1) is 0 Å². The lowest BCUT2D eigenvalue weighted by Gasteiger charge is -2.33. The third-order valence-electron chi connectivity index (χ3n) is 4.19. The van der Waals surface area contributed by atoms with E-state index in [0.717, 1.165) is 25.1 Å². The Hall–Kier alpha value is -1.26. The highest BCUT2D eigenvalue weighted by Gasteiger charge is 2.23.